The Labute approximate surface area is 192 Å². The van der Waals surface area contributed by atoms with Crippen molar-refractivity contribution in [2.75, 3.05) is 47.0 Å². The van der Waals surface area contributed by atoms with Gasteiger partial charge in [0.2, 0.25) is 0 Å². The van der Waals surface area contributed by atoms with E-state index in [0.29, 0.717) is 6.61 Å². The zero-order valence-corrected chi connectivity index (χ0v) is 19.9. The quantitative estimate of drug-likeness (QED) is 0.201. The van der Waals surface area contributed by atoms with Crippen LogP contribution in [-0.4, -0.2) is 57.9 Å². The first-order valence-electron chi connectivity index (χ1n) is 10.0. The predicted molar refractivity (Wildman–Crippen MR) is 132 cm³/mol. The minimum Gasteiger partial charge on any atom is -0.492 e. The topological polar surface area (TPSA) is 46.1 Å². The number of hydrogen-bond acceptors (Lipinski definition) is 3. The fraction of sp³-hybridized carbons (Fsp3) is 0.435. The van der Waals surface area contributed by atoms with E-state index in [0.717, 1.165) is 57.3 Å². The largest absolute Gasteiger partial charge is 0.492 e. The van der Waals surface area contributed by atoms with Crippen LogP contribution in [0.3, 0.4) is 0 Å². The van der Waals surface area contributed by atoms with Crippen LogP contribution < -0.4 is 10.1 Å². The van der Waals surface area contributed by atoms with Crippen molar-refractivity contribution in [3.8, 4) is 5.75 Å². The molecule has 0 aliphatic carbocycles. The molecule has 0 spiro atoms. The van der Waals surface area contributed by atoms with Gasteiger partial charge in [0.25, 0.3) is 0 Å². The van der Waals surface area contributed by atoms with Gasteiger partial charge in [-0.3, -0.25) is 4.99 Å². The summed E-state index contributed by atoms with van der Waals surface area (Å²) >= 11 is 0. The normalized spacial score (nSPS) is 10.9. The van der Waals surface area contributed by atoms with Gasteiger partial charge in [0.15, 0.2) is 5.96 Å². The lowest BCUT2D eigenvalue weighted by atomic mass is 10.2. The lowest BCUT2D eigenvalue weighted by Gasteiger charge is -2.22. The zero-order chi connectivity index (χ0) is 19.9. The van der Waals surface area contributed by atoms with Crippen molar-refractivity contribution >= 4 is 29.9 Å². The van der Waals surface area contributed by atoms with Gasteiger partial charge in [-0.05, 0) is 37.0 Å². The number of guanidine groups is 1. The summed E-state index contributed by atoms with van der Waals surface area (Å²) in [5.41, 5.74) is 1.33. The van der Waals surface area contributed by atoms with Crippen molar-refractivity contribution in [1.29, 1.82) is 0 Å². The van der Waals surface area contributed by atoms with Crippen molar-refractivity contribution in [1.82, 2.24) is 10.2 Å². The number of hydrogen-bond donors (Lipinski definition) is 1. The van der Waals surface area contributed by atoms with Crippen LogP contribution in [-0.2, 0) is 11.2 Å². The molecule has 0 heterocycles. The third kappa shape index (κ3) is 11.1. The van der Waals surface area contributed by atoms with Gasteiger partial charge in [-0.1, -0.05) is 48.5 Å². The van der Waals surface area contributed by atoms with Crippen LogP contribution in [0, 0.1) is 0 Å². The van der Waals surface area contributed by atoms with Gasteiger partial charge < -0.3 is 19.7 Å². The second-order valence-electron chi connectivity index (χ2n) is 6.61. The van der Waals surface area contributed by atoms with Gasteiger partial charge >= 0.3 is 0 Å². The summed E-state index contributed by atoms with van der Waals surface area (Å²) in [6.45, 7) is 3.86. The van der Waals surface area contributed by atoms with Crippen molar-refractivity contribution in [2.24, 2.45) is 4.99 Å². The molecular formula is C23H34IN3O2. The van der Waals surface area contributed by atoms with Gasteiger partial charge in [0.1, 0.15) is 12.4 Å². The highest BCUT2D eigenvalue weighted by atomic mass is 127. The maximum Gasteiger partial charge on any atom is 0.193 e. The van der Waals surface area contributed by atoms with Crippen molar-refractivity contribution < 1.29 is 9.47 Å². The highest BCUT2D eigenvalue weighted by Crippen LogP contribution is 2.07. The molecule has 29 heavy (non-hydrogen) atoms. The first-order chi connectivity index (χ1) is 13.8. The molecule has 2 aromatic rings. The van der Waals surface area contributed by atoms with Crippen LogP contribution in [0.1, 0.15) is 18.4 Å². The molecular weight excluding hydrogens is 477 g/mol. The molecule has 0 fully saturated rings. The minimum absolute atomic E-state index is 0. The average Bonchev–Trinajstić information content (AvgIpc) is 2.74. The molecule has 2 rings (SSSR count). The minimum atomic E-state index is 0. The summed E-state index contributed by atoms with van der Waals surface area (Å²) in [7, 11) is 3.83. The summed E-state index contributed by atoms with van der Waals surface area (Å²) in [4.78, 5) is 6.42. The monoisotopic (exact) mass is 511 g/mol. The number of para-hydroxylation sites is 1. The maximum atomic E-state index is 5.74. The van der Waals surface area contributed by atoms with Crippen LogP contribution >= 0.6 is 24.0 Å². The molecule has 0 saturated heterocycles. The number of nitrogens with one attached hydrogen (secondary N) is 1. The molecule has 1 N–H and O–H groups in total. The second kappa shape index (κ2) is 16.0. The van der Waals surface area contributed by atoms with Crippen LogP contribution in [0.15, 0.2) is 65.7 Å². The Hall–Kier alpha value is -1.80. The molecule has 0 aliphatic heterocycles. The molecule has 0 radical (unpaired) electrons. The molecule has 2 aromatic carbocycles. The van der Waals surface area contributed by atoms with E-state index in [4.69, 9.17) is 9.47 Å². The van der Waals surface area contributed by atoms with Gasteiger partial charge in [-0.25, -0.2) is 0 Å². The van der Waals surface area contributed by atoms with Crippen molar-refractivity contribution in [2.45, 2.75) is 19.3 Å². The molecule has 0 aliphatic rings. The number of rotatable bonds is 12. The summed E-state index contributed by atoms with van der Waals surface area (Å²) in [6, 6.07) is 20.3. The van der Waals surface area contributed by atoms with Gasteiger partial charge in [-0.2, -0.15) is 0 Å². The molecule has 0 unspecified atom stereocenters. The van der Waals surface area contributed by atoms with Gasteiger partial charge in [-0.15, -0.1) is 24.0 Å². The number of benzene rings is 2. The maximum absolute atomic E-state index is 5.74. The summed E-state index contributed by atoms with van der Waals surface area (Å²) in [5, 5.41) is 3.40. The smallest absolute Gasteiger partial charge is 0.193 e. The lowest BCUT2D eigenvalue weighted by molar-refractivity contribution is 0.133. The number of nitrogens with zero attached hydrogens (tertiary/aromatic N) is 2. The molecule has 6 heteroatoms. The highest BCUT2D eigenvalue weighted by Gasteiger charge is 2.05. The number of likely N-dealkylation sites (N-methyl/N-ethyl adjacent to an activating group) is 1. The predicted octanol–water partition coefficient (Wildman–Crippen LogP) is 4.23. The number of halogens is 1. The summed E-state index contributed by atoms with van der Waals surface area (Å²) in [6.07, 6.45) is 3.07. The van der Waals surface area contributed by atoms with Crippen molar-refractivity contribution in [3.05, 3.63) is 66.2 Å². The molecule has 0 saturated carbocycles. The van der Waals surface area contributed by atoms with E-state index in [-0.39, 0.29) is 24.0 Å². The molecule has 0 amide bonds. The Balaban J connectivity index is 0.00000420. The Morgan fingerprint density at radius 3 is 2.31 bits per heavy atom. The highest BCUT2D eigenvalue weighted by molar-refractivity contribution is 14.0. The van der Waals surface area contributed by atoms with E-state index >= 15 is 0 Å². The van der Waals surface area contributed by atoms with E-state index in [1.807, 2.05) is 50.5 Å². The number of aliphatic imine (C=N–C) groups is 1. The lowest BCUT2D eigenvalue weighted by Crippen LogP contribution is -2.41. The van der Waals surface area contributed by atoms with Gasteiger partial charge in [0.05, 0.1) is 13.2 Å². The molecule has 0 bridgehead atoms. The molecule has 5 nitrogen and oxygen atoms in total. The van der Waals surface area contributed by atoms with Crippen LogP contribution in [0.4, 0.5) is 0 Å². The van der Waals surface area contributed by atoms with E-state index < -0.39 is 0 Å². The Kier molecular flexibility index (Phi) is 14.0. The Morgan fingerprint density at radius 2 is 1.62 bits per heavy atom. The van der Waals surface area contributed by atoms with Crippen LogP contribution in [0.2, 0.25) is 0 Å². The van der Waals surface area contributed by atoms with Gasteiger partial charge in [0, 0.05) is 27.2 Å². The van der Waals surface area contributed by atoms with E-state index in [1.54, 1.807) is 0 Å². The fourth-order valence-corrected chi connectivity index (χ4v) is 2.77. The summed E-state index contributed by atoms with van der Waals surface area (Å²) in [5.74, 6) is 1.78. The number of ether oxygens (including phenoxy) is 2. The Bertz CT molecular complexity index is 668. The molecule has 0 aromatic heterocycles. The summed E-state index contributed by atoms with van der Waals surface area (Å²) < 4.78 is 11.5. The SMILES string of the molecule is CN=C(NCCCCOCCc1ccccc1)N(C)CCOc1ccccc1.I. The average molecular weight is 511 g/mol. The third-order valence-corrected chi connectivity index (χ3v) is 4.39. The second-order valence-corrected chi connectivity index (χ2v) is 6.61. The number of unbranched alkanes of at least 4 members (excludes halogenated alkanes) is 1. The standard InChI is InChI=1S/C23H33N3O2.HI/c1-24-23(26(2)17-20-28-22-13-7-4-8-14-22)25-16-9-10-18-27-19-15-21-11-5-3-6-12-21;/h3-8,11-14H,9-10,15-20H2,1-2H3,(H,24,25);1H. The third-order valence-electron chi connectivity index (χ3n) is 4.39. The van der Waals surface area contributed by atoms with E-state index in [2.05, 4.69) is 39.5 Å². The first-order valence-corrected chi connectivity index (χ1v) is 10.0. The molecule has 0 atom stereocenters. The first kappa shape index (κ1) is 25.2. The zero-order valence-electron chi connectivity index (χ0n) is 17.5. The van der Waals surface area contributed by atoms with Crippen LogP contribution in [0.5, 0.6) is 5.75 Å². The Morgan fingerprint density at radius 1 is 0.931 bits per heavy atom. The van der Waals surface area contributed by atoms with Crippen molar-refractivity contribution in [3.63, 3.8) is 0 Å². The van der Waals surface area contributed by atoms with E-state index in [1.165, 1.54) is 5.56 Å². The van der Waals surface area contributed by atoms with Crippen LogP contribution in [0.25, 0.3) is 0 Å². The van der Waals surface area contributed by atoms with E-state index in [9.17, 15) is 0 Å². The molecule has 160 valence electrons. The fourth-order valence-electron chi connectivity index (χ4n) is 2.77.